The fourth-order valence-corrected chi connectivity index (χ4v) is 6.20. The van der Waals surface area contributed by atoms with Crippen molar-refractivity contribution in [2.24, 2.45) is 5.92 Å². The molecule has 4 rings (SSSR count). The lowest BCUT2D eigenvalue weighted by Crippen LogP contribution is -2.54. The van der Waals surface area contributed by atoms with Gasteiger partial charge in [-0.25, -0.2) is 9.78 Å². The van der Waals surface area contributed by atoms with E-state index >= 15 is 0 Å². The summed E-state index contributed by atoms with van der Waals surface area (Å²) >= 11 is 1.37. The molecule has 3 atom stereocenters. The maximum atomic E-state index is 14.4. The largest absolute Gasteiger partial charge is 0.496 e. The van der Waals surface area contributed by atoms with E-state index in [0.29, 0.717) is 28.0 Å². The van der Waals surface area contributed by atoms with Gasteiger partial charge in [0.05, 0.1) is 19.1 Å². The normalized spacial score (nSPS) is 22.0. The molecule has 0 spiro atoms. The molecule has 1 N–H and O–H groups in total. The molecule has 198 valence electrons. The van der Waals surface area contributed by atoms with Crippen LogP contribution in [0.4, 0.5) is 0 Å². The van der Waals surface area contributed by atoms with E-state index in [1.807, 2.05) is 25.3 Å². The molecule has 3 heterocycles. The summed E-state index contributed by atoms with van der Waals surface area (Å²) in [5.41, 5.74) is -0.392. The SMILES string of the molecule is COc1cc(C(=O)N2[C@@H](c3nccs3)[C@H](c3nc(C)no3)C[C@@]2(CC(C)C)C(=O)O)ccc1C(C)(C)C. The molecule has 2 aromatic heterocycles. The average Bonchev–Trinajstić information content (AvgIpc) is 3.56. The Kier molecular flexibility index (Phi) is 7.16. The van der Waals surface area contributed by atoms with Crippen molar-refractivity contribution < 1.29 is 24.0 Å². The van der Waals surface area contributed by atoms with Gasteiger partial charge in [0, 0.05) is 17.1 Å². The highest BCUT2D eigenvalue weighted by Crippen LogP contribution is 2.54. The van der Waals surface area contributed by atoms with E-state index in [9.17, 15) is 14.7 Å². The van der Waals surface area contributed by atoms with Crippen LogP contribution in [0, 0.1) is 12.8 Å². The van der Waals surface area contributed by atoms with E-state index in [4.69, 9.17) is 9.26 Å². The van der Waals surface area contributed by atoms with Crippen LogP contribution in [0.2, 0.25) is 0 Å². The van der Waals surface area contributed by atoms with Gasteiger partial charge in [-0.3, -0.25) is 4.79 Å². The first kappa shape index (κ1) is 26.8. The van der Waals surface area contributed by atoms with Gasteiger partial charge in [0.15, 0.2) is 5.82 Å². The number of likely N-dealkylation sites (tertiary alicyclic amines) is 1. The van der Waals surface area contributed by atoms with Crippen LogP contribution in [0.3, 0.4) is 0 Å². The number of amides is 1. The summed E-state index contributed by atoms with van der Waals surface area (Å²) in [7, 11) is 1.57. The number of carbonyl (C=O) groups excluding carboxylic acids is 1. The number of rotatable bonds is 7. The van der Waals surface area contributed by atoms with Crippen LogP contribution < -0.4 is 4.74 Å². The molecule has 1 fully saturated rings. The Bertz CT molecular complexity index is 1280. The Morgan fingerprint density at radius 3 is 2.57 bits per heavy atom. The molecule has 37 heavy (non-hydrogen) atoms. The zero-order valence-electron chi connectivity index (χ0n) is 22.3. The molecular weight excluding hydrogens is 492 g/mol. The summed E-state index contributed by atoms with van der Waals surface area (Å²) in [6, 6.07) is 4.64. The summed E-state index contributed by atoms with van der Waals surface area (Å²) in [4.78, 5) is 37.9. The van der Waals surface area contributed by atoms with E-state index in [1.54, 1.807) is 32.4 Å². The van der Waals surface area contributed by atoms with Crippen molar-refractivity contribution in [3.05, 3.63) is 57.6 Å². The van der Waals surface area contributed by atoms with Crippen LogP contribution in [0.15, 0.2) is 34.3 Å². The fraction of sp³-hybridized carbons (Fsp3) is 0.519. The van der Waals surface area contributed by atoms with Gasteiger partial charge in [-0.1, -0.05) is 45.8 Å². The Morgan fingerprint density at radius 2 is 2.05 bits per heavy atom. The van der Waals surface area contributed by atoms with Gasteiger partial charge >= 0.3 is 5.97 Å². The third kappa shape index (κ3) is 4.86. The number of carboxylic acid groups (broad SMARTS) is 1. The average molecular weight is 527 g/mol. The minimum absolute atomic E-state index is 0.00400. The number of methoxy groups -OCH3 is 1. The first-order valence-electron chi connectivity index (χ1n) is 12.3. The maximum Gasteiger partial charge on any atom is 0.329 e. The van der Waals surface area contributed by atoms with Gasteiger partial charge in [-0.2, -0.15) is 4.98 Å². The van der Waals surface area contributed by atoms with Crippen LogP contribution in [0.1, 0.15) is 92.1 Å². The number of hydrogen-bond acceptors (Lipinski definition) is 8. The number of carboxylic acids is 1. The molecule has 1 aromatic carbocycles. The molecule has 3 aromatic rings. The number of aliphatic carboxylic acids is 1. The van der Waals surface area contributed by atoms with Gasteiger partial charge in [-0.15, -0.1) is 11.3 Å². The highest BCUT2D eigenvalue weighted by molar-refractivity contribution is 7.09. The number of ether oxygens (including phenoxy) is 1. The van der Waals surface area contributed by atoms with Crippen LogP contribution in [-0.2, 0) is 10.2 Å². The quantitative estimate of drug-likeness (QED) is 0.436. The molecule has 1 aliphatic heterocycles. The van der Waals surface area contributed by atoms with Crippen LogP contribution >= 0.6 is 11.3 Å². The van der Waals surface area contributed by atoms with Crippen molar-refractivity contribution in [1.82, 2.24) is 20.0 Å². The van der Waals surface area contributed by atoms with E-state index < -0.39 is 29.4 Å². The van der Waals surface area contributed by atoms with E-state index in [-0.39, 0.29) is 24.2 Å². The number of aryl methyl sites for hydroxylation is 1. The molecule has 0 saturated carbocycles. The zero-order valence-corrected chi connectivity index (χ0v) is 23.1. The second-order valence-corrected chi connectivity index (χ2v) is 12.0. The molecule has 10 heteroatoms. The number of aromatic nitrogens is 3. The van der Waals surface area contributed by atoms with Crippen LogP contribution in [0.25, 0.3) is 0 Å². The third-order valence-electron chi connectivity index (χ3n) is 6.86. The van der Waals surface area contributed by atoms with Crippen LogP contribution in [-0.4, -0.2) is 49.7 Å². The Hall–Kier alpha value is -3.27. The van der Waals surface area contributed by atoms with Crippen molar-refractivity contribution in [2.75, 3.05) is 7.11 Å². The molecule has 9 nitrogen and oxygen atoms in total. The molecule has 0 radical (unpaired) electrons. The van der Waals surface area contributed by atoms with E-state index in [2.05, 4.69) is 35.9 Å². The van der Waals surface area contributed by atoms with Gasteiger partial charge in [0.25, 0.3) is 5.91 Å². The summed E-state index contributed by atoms with van der Waals surface area (Å²) in [5, 5.41) is 17.1. The fourth-order valence-electron chi connectivity index (χ4n) is 5.41. The van der Waals surface area contributed by atoms with Crippen molar-refractivity contribution in [2.45, 2.75) is 77.3 Å². The zero-order chi connectivity index (χ0) is 27.1. The predicted molar refractivity (Wildman–Crippen MR) is 139 cm³/mol. The van der Waals surface area contributed by atoms with Crippen molar-refractivity contribution in [3.63, 3.8) is 0 Å². The second kappa shape index (κ2) is 9.89. The molecular formula is C27H34N4O5S. The Balaban J connectivity index is 1.92. The second-order valence-electron chi connectivity index (χ2n) is 11.1. The topological polar surface area (TPSA) is 119 Å². The molecule has 1 aliphatic rings. The van der Waals surface area contributed by atoms with E-state index in [0.717, 1.165) is 5.56 Å². The smallest absolute Gasteiger partial charge is 0.329 e. The van der Waals surface area contributed by atoms with Gasteiger partial charge in [-0.05, 0) is 48.8 Å². The Labute approximate surface area is 220 Å². The van der Waals surface area contributed by atoms with Gasteiger partial charge in [0.2, 0.25) is 5.89 Å². The lowest BCUT2D eigenvalue weighted by atomic mass is 9.83. The van der Waals surface area contributed by atoms with Gasteiger partial charge in [0.1, 0.15) is 16.3 Å². The number of nitrogens with zero attached hydrogens (tertiary/aromatic N) is 4. The van der Waals surface area contributed by atoms with Crippen molar-refractivity contribution in [3.8, 4) is 5.75 Å². The highest BCUT2D eigenvalue weighted by atomic mass is 32.1. The summed E-state index contributed by atoms with van der Waals surface area (Å²) in [6.07, 6.45) is 2.05. The number of carbonyl (C=O) groups is 2. The predicted octanol–water partition coefficient (Wildman–Crippen LogP) is 5.38. The monoisotopic (exact) mass is 526 g/mol. The molecule has 1 amide bonds. The minimum Gasteiger partial charge on any atom is -0.496 e. The van der Waals surface area contributed by atoms with Gasteiger partial charge < -0.3 is 19.3 Å². The lowest BCUT2D eigenvalue weighted by Gasteiger charge is -2.38. The maximum absolute atomic E-state index is 14.4. The van der Waals surface area contributed by atoms with E-state index in [1.165, 1.54) is 16.2 Å². The Morgan fingerprint density at radius 1 is 1.32 bits per heavy atom. The number of thiazole rings is 1. The summed E-state index contributed by atoms with van der Waals surface area (Å²) < 4.78 is 11.2. The molecule has 0 aliphatic carbocycles. The number of hydrogen-bond donors (Lipinski definition) is 1. The first-order valence-corrected chi connectivity index (χ1v) is 13.2. The molecule has 0 bridgehead atoms. The van der Waals surface area contributed by atoms with Crippen molar-refractivity contribution >= 4 is 23.2 Å². The van der Waals surface area contributed by atoms with Crippen molar-refractivity contribution in [1.29, 1.82) is 0 Å². The molecule has 0 unspecified atom stereocenters. The molecule has 1 saturated heterocycles. The third-order valence-corrected chi connectivity index (χ3v) is 7.71. The lowest BCUT2D eigenvalue weighted by molar-refractivity contribution is -0.150. The number of benzene rings is 1. The minimum atomic E-state index is -1.50. The first-order chi connectivity index (χ1) is 17.4. The highest BCUT2D eigenvalue weighted by Gasteiger charge is 2.61. The summed E-state index contributed by atoms with van der Waals surface area (Å²) in [6.45, 7) is 11.8. The van der Waals surface area contributed by atoms with Crippen LogP contribution in [0.5, 0.6) is 5.75 Å². The standard InChI is InChI=1S/C27H34N4O5S/c1-15(2)13-27(25(33)34)14-18(22-29-16(3)30-36-22)21(23-28-10-11-37-23)31(27)24(32)17-8-9-19(26(4,5)6)20(12-17)35-7/h8-12,15,18,21H,13-14H2,1-7H3,(H,33,34)/t18-,21-,27+/m1/s1. The summed E-state index contributed by atoms with van der Waals surface area (Å²) in [5.74, 6) is -0.648.